The number of halogens is 1. The number of benzene rings is 1. The summed E-state index contributed by atoms with van der Waals surface area (Å²) in [6.07, 6.45) is 4.88. The average Bonchev–Trinajstić information content (AvgIpc) is 2.44. The lowest BCUT2D eigenvalue weighted by atomic mass is 9.96. The molecule has 3 nitrogen and oxygen atoms in total. The van der Waals surface area contributed by atoms with Crippen LogP contribution in [0.1, 0.15) is 32.3 Å². The molecule has 2 atom stereocenters. The Labute approximate surface area is 131 Å². The minimum absolute atomic E-state index is 0.119. The summed E-state index contributed by atoms with van der Waals surface area (Å²) in [6.45, 7) is 5.78. The Balaban J connectivity index is 1.83. The highest BCUT2D eigenvalue weighted by atomic mass is 35.5. The summed E-state index contributed by atoms with van der Waals surface area (Å²) in [5, 5.41) is 4.04. The minimum atomic E-state index is -0.249. The first-order valence-corrected chi connectivity index (χ1v) is 7.70. The van der Waals surface area contributed by atoms with E-state index in [0.29, 0.717) is 11.4 Å². The monoisotopic (exact) mass is 307 g/mol. The van der Waals surface area contributed by atoms with Gasteiger partial charge >= 0.3 is 0 Å². The number of carbonyl (C=O) groups is 1. The molecule has 1 N–H and O–H groups in total. The molecular weight excluding hydrogens is 286 g/mol. The second kappa shape index (κ2) is 7.21. The second-order valence-electron chi connectivity index (χ2n) is 5.86. The van der Waals surface area contributed by atoms with Gasteiger partial charge in [-0.15, -0.1) is 0 Å². The Morgan fingerprint density at radius 1 is 1.48 bits per heavy atom. The van der Waals surface area contributed by atoms with Crippen molar-refractivity contribution in [3.63, 3.8) is 0 Å². The van der Waals surface area contributed by atoms with Crippen molar-refractivity contribution < 1.29 is 9.53 Å². The fourth-order valence-corrected chi connectivity index (χ4v) is 2.62. The molecule has 2 rings (SSSR count). The maximum atomic E-state index is 12.0. The molecule has 0 radical (unpaired) electrons. The molecule has 1 aliphatic rings. The van der Waals surface area contributed by atoms with Gasteiger partial charge in [-0.25, -0.2) is 0 Å². The Bertz CT molecular complexity index is 512. The van der Waals surface area contributed by atoms with Gasteiger partial charge in [0, 0.05) is 24.5 Å². The molecule has 0 bridgehead atoms. The van der Waals surface area contributed by atoms with Crippen molar-refractivity contribution >= 4 is 23.5 Å². The average molecular weight is 308 g/mol. The Hall–Kier alpha value is -1.16. The van der Waals surface area contributed by atoms with Gasteiger partial charge in [-0.3, -0.25) is 4.79 Å². The lowest BCUT2D eigenvalue weighted by molar-refractivity contribution is -0.121. The largest absolute Gasteiger partial charge is 0.370 e. The van der Waals surface area contributed by atoms with E-state index >= 15 is 0 Å². The smallest absolute Gasteiger partial charge is 0.155 e. The van der Waals surface area contributed by atoms with E-state index in [2.05, 4.69) is 12.2 Å². The van der Waals surface area contributed by atoms with Crippen LogP contribution in [0.3, 0.4) is 0 Å². The van der Waals surface area contributed by atoms with Gasteiger partial charge in [0.1, 0.15) is 0 Å². The van der Waals surface area contributed by atoms with Crippen LogP contribution in [0, 0.1) is 0 Å². The molecule has 4 heteroatoms. The van der Waals surface area contributed by atoms with Crippen molar-refractivity contribution in [3.8, 4) is 0 Å². The van der Waals surface area contributed by atoms with Crippen LogP contribution in [-0.2, 0) is 9.53 Å². The molecule has 1 fully saturated rings. The van der Waals surface area contributed by atoms with Crippen LogP contribution in [0.15, 0.2) is 30.3 Å². The number of hydrogen-bond donors (Lipinski definition) is 1. The van der Waals surface area contributed by atoms with E-state index in [1.165, 1.54) is 0 Å². The van der Waals surface area contributed by atoms with E-state index in [9.17, 15) is 4.79 Å². The quantitative estimate of drug-likeness (QED) is 0.847. The zero-order valence-electron chi connectivity index (χ0n) is 12.6. The number of ketones is 1. The lowest BCUT2D eigenvalue weighted by Crippen LogP contribution is -2.51. The minimum Gasteiger partial charge on any atom is -0.370 e. The Kier molecular flexibility index (Phi) is 5.57. The molecule has 0 spiro atoms. The molecule has 0 saturated carbocycles. The van der Waals surface area contributed by atoms with Crippen molar-refractivity contribution in [2.45, 2.75) is 38.4 Å². The summed E-state index contributed by atoms with van der Waals surface area (Å²) in [5.74, 6) is 0.119. The fraction of sp³-hybridized carbons (Fsp3) is 0.471. The van der Waals surface area contributed by atoms with Gasteiger partial charge in [-0.2, -0.15) is 0 Å². The molecule has 21 heavy (non-hydrogen) atoms. The molecule has 1 heterocycles. The van der Waals surface area contributed by atoms with Gasteiger partial charge in [0.25, 0.3) is 0 Å². The molecule has 0 aliphatic carbocycles. The third-order valence-corrected chi connectivity index (χ3v) is 3.90. The van der Waals surface area contributed by atoms with Gasteiger partial charge in [0.2, 0.25) is 0 Å². The van der Waals surface area contributed by atoms with Crippen LogP contribution in [0.4, 0.5) is 0 Å². The molecule has 1 aromatic rings. The molecule has 0 amide bonds. The predicted octanol–water partition coefficient (Wildman–Crippen LogP) is 3.47. The second-order valence-corrected chi connectivity index (χ2v) is 6.30. The van der Waals surface area contributed by atoms with E-state index in [0.717, 1.165) is 25.1 Å². The summed E-state index contributed by atoms with van der Waals surface area (Å²) >= 11 is 5.83. The zero-order chi connectivity index (χ0) is 15.3. The van der Waals surface area contributed by atoms with Crippen LogP contribution in [0.25, 0.3) is 6.08 Å². The van der Waals surface area contributed by atoms with Crippen molar-refractivity contribution in [2.24, 2.45) is 0 Å². The van der Waals surface area contributed by atoms with E-state index in [4.69, 9.17) is 16.3 Å². The number of nitrogens with one attached hydrogen (secondary N) is 1. The normalized spacial score (nSPS) is 26.1. The fourth-order valence-electron chi connectivity index (χ4n) is 2.49. The SMILES string of the molecule is CC1CNCC(C)(CCC(=O)/C=C/c2ccc(Cl)cc2)O1. The molecule has 1 aromatic carbocycles. The van der Waals surface area contributed by atoms with E-state index in [1.807, 2.05) is 37.3 Å². The number of morpholine rings is 1. The topological polar surface area (TPSA) is 38.3 Å². The van der Waals surface area contributed by atoms with E-state index in [-0.39, 0.29) is 17.5 Å². The summed E-state index contributed by atoms with van der Waals surface area (Å²) in [6, 6.07) is 7.41. The predicted molar refractivity (Wildman–Crippen MR) is 86.5 cm³/mol. The zero-order valence-corrected chi connectivity index (χ0v) is 13.3. The number of hydrogen-bond acceptors (Lipinski definition) is 3. The van der Waals surface area contributed by atoms with Crippen molar-refractivity contribution in [3.05, 3.63) is 40.9 Å². The molecule has 0 aromatic heterocycles. The van der Waals surface area contributed by atoms with Crippen LogP contribution in [-0.4, -0.2) is 30.6 Å². The summed E-state index contributed by atoms with van der Waals surface area (Å²) in [4.78, 5) is 12.0. The summed E-state index contributed by atoms with van der Waals surface area (Å²) in [7, 11) is 0. The Morgan fingerprint density at radius 2 is 2.19 bits per heavy atom. The summed E-state index contributed by atoms with van der Waals surface area (Å²) < 4.78 is 5.95. The van der Waals surface area contributed by atoms with Crippen LogP contribution in [0.2, 0.25) is 5.02 Å². The van der Waals surface area contributed by atoms with Crippen LogP contribution >= 0.6 is 11.6 Å². The highest BCUT2D eigenvalue weighted by Crippen LogP contribution is 2.22. The number of rotatable bonds is 5. The number of carbonyl (C=O) groups excluding carboxylic acids is 1. The molecule has 114 valence electrons. The van der Waals surface area contributed by atoms with Gasteiger partial charge in [0.15, 0.2) is 5.78 Å². The highest BCUT2D eigenvalue weighted by molar-refractivity contribution is 6.30. The van der Waals surface area contributed by atoms with Crippen molar-refractivity contribution in [2.75, 3.05) is 13.1 Å². The standard InChI is InChI=1S/C17H22ClNO2/c1-13-11-19-12-17(2,21-13)10-9-16(20)8-5-14-3-6-15(18)7-4-14/h3-8,13,19H,9-12H2,1-2H3/b8-5+. The third-order valence-electron chi connectivity index (χ3n) is 3.65. The maximum absolute atomic E-state index is 12.0. The van der Waals surface area contributed by atoms with Gasteiger partial charge in [0.05, 0.1) is 11.7 Å². The molecule has 2 unspecified atom stereocenters. The van der Waals surface area contributed by atoms with E-state index < -0.39 is 0 Å². The van der Waals surface area contributed by atoms with E-state index in [1.54, 1.807) is 6.08 Å². The molecule has 1 saturated heterocycles. The van der Waals surface area contributed by atoms with Gasteiger partial charge in [-0.1, -0.05) is 29.8 Å². The van der Waals surface area contributed by atoms with Crippen LogP contribution in [0.5, 0.6) is 0 Å². The molecular formula is C17H22ClNO2. The first-order valence-electron chi connectivity index (χ1n) is 7.32. The molecule has 1 aliphatic heterocycles. The van der Waals surface area contributed by atoms with Crippen LogP contribution < -0.4 is 5.32 Å². The lowest BCUT2D eigenvalue weighted by Gasteiger charge is -2.38. The van der Waals surface area contributed by atoms with Crippen molar-refractivity contribution in [1.82, 2.24) is 5.32 Å². The Morgan fingerprint density at radius 3 is 2.86 bits per heavy atom. The maximum Gasteiger partial charge on any atom is 0.155 e. The summed E-state index contributed by atoms with van der Waals surface area (Å²) in [5.41, 5.74) is 0.727. The van der Waals surface area contributed by atoms with Gasteiger partial charge in [-0.05, 0) is 44.0 Å². The third kappa shape index (κ3) is 5.27. The first-order chi connectivity index (χ1) is 9.97. The number of ether oxygens (including phenoxy) is 1. The van der Waals surface area contributed by atoms with Gasteiger partial charge < -0.3 is 10.1 Å². The highest BCUT2D eigenvalue weighted by Gasteiger charge is 2.30. The first kappa shape index (κ1) is 16.2. The number of allylic oxidation sites excluding steroid dienone is 1. The van der Waals surface area contributed by atoms with Crippen molar-refractivity contribution in [1.29, 1.82) is 0 Å².